The summed E-state index contributed by atoms with van der Waals surface area (Å²) in [7, 11) is -3.19. The van der Waals surface area contributed by atoms with Gasteiger partial charge in [0.2, 0.25) is 35.4 Å². The van der Waals surface area contributed by atoms with Gasteiger partial charge in [-0.05, 0) is 90.0 Å². The molecule has 81 heavy (non-hydrogen) atoms. The molecule has 2 fully saturated rings. The first-order valence-corrected chi connectivity index (χ1v) is 27.7. The highest BCUT2D eigenvalue weighted by Gasteiger charge is 2.48. The van der Waals surface area contributed by atoms with Gasteiger partial charge in [-0.25, -0.2) is 31.0 Å². The molecule has 2 saturated heterocycles. The molecule has 5 amide bonds. The zero-order valence-electron chi connectivity index (χ0n) is 44.3. The maximum Gasteiger partial charge on any atom is 0.267 e. The number of likely N-dealkylation sites (tertiary alicyclic amines) is 1. The number of carbonyl (C=O) groups is 5. The number of pyridine rings is 3. The second kappa shape index (κ2) is 25.1. The fourth-order valence-corrected chi connectivity index (χ4v) is 11.3. The Kier molecular flexibility index (Phi) is 17.9. The van der Waals surface area contributed by atoms with Crippen LogP contribution in [-0.2, 0) is 69.6 Å². The van der Waals surface area contributed by atoms with Crippen molar-refractivity contribution in [3.05, 3.63) is 131 Å². The number of hydrogen-bond acceptors (Lipinski definition) is 13. The molecule has 0 radical (unpaired) electrons. The number of aryl methyl sites for hydroxylation is 1. The van der Waals surface area contributed by atoms with Crippen molar-refractivity contribution in [2.24, 2.45) is 5.92 Å². The number of alkyl halides is 2. The van der Waals surface area contributed by atoms with E-state index in [1.807, 2.05) is 48.5 Å². The number of benzene rings is 3. The molecule has 3 aromatic carbocycles. The molecular formula is C57H59F4N9O10S. The van der Waals surface area contributed by atoms with Crippen LogP contribution in [-0.4, -0.2) is 127 Å². The van der Waals surface area contributed by atoms with Crippen molar-refractivity contribution >= 4 is 56.1 Å². The number of anilines is 1. The summed E-state index contributed by atoms with van der Waals surface area (Å²) in [5.74, 6) is -7.68. The standard InChI is InChI=1S/C57H59F4N9O10S/c1-34-27-57(60,61)33-70(34)56(75)49-23-39(54(74)67-49)25-53(73)69-30-38-5-3-4-35(45(38)31-69)8-13-51(71)63-17-18-64-52(72)15-19-79-20-21-80-32-42-10-6-37(28-65-42)43-14-16-62-47-11-7-36(22-44(43)47)40-24-48(55(78-2)66-29-40)68-81(76,77)50-12-9-41(58)26-46(50)59/h3-7,9-12,14,16,22,24,26,28-29,34,39,49,68H,8,13,15,17-21,23,25,27,30-33H2,1-2H3,(H,63,71)(H,64,72)(H,67,74)/t34-,39+,49+/m1/s1. The molecule has 3 aromatic heterocycles. The third-order valence-corrected chi connectivity index (χ3v) is 15.7. The van der Waals surface area contributed by atoms with Crippen molar-refractivity contribution in [1.82, 2.24) is 40.7 Å². The maximum atomic E-state index is 14.5. The minimum absolute atomic E-state index is 0.0579. The zero-order chi connectivity index (χ0) is 57.4. The summed E-state index contributed by atoms with van der Waals surface area (Å²) in [4.78, 5) is 79.7. The SMILES string of the molecule is COc1ncc(-c2ccc3nccc(-c4ccc(COCCOCCC(=O)NCCNC(=O)CCc5cccc6c5CN(C(=O)C[C@@H]5C[C@@H](C(=O)N7CC(F)(F)C[C@H]7C)NC5=O)C6)nc4)c3c2)cc1NS(=O)(=O)c1ccc(F)cc1F. The van der Waals surface area contributed by atoms with Crippen LogP contribution in [0.25, 0.3) is 33.2 Å². The van der Waals surface area contributed by atoms with Gasteiger partial charge in [-0.3, -0.25) is 38.7 Å². The maximum absolute atomic E-state index is 14.5. The lowest BCUT2D eigenvalue weighted by molar-refractivity contribution is -0.136. The molecule has 6 heterocycles. The van der Waals surface area contributed by atoms with E-state index in [4.69, 9.17) is 14.2 Å². The molecule has 0 spiro atoms. The molecule has 6 aromatic rings. The van der Waals surface area contributed by atoms with Crippen LogP contribution in [0.15, 0.2) is 102 Å². The first-order chi connectivity index (χ1) is 38.8. The fraction of sp³-hybridized carbons (Fsp3) is 0.368. The molecule has 0 unspecified atom stereocenters. The van der Waals surface area contributed by atoms with Gasteiger partial charge in [0.1, 0.15) is 28.3 Å². The van der Waals surface area contributed by atoms with E-state index in [9.17, 15) is 50.0 Å². The van der Waals surface area contributed by atoms with Crippen LogP contribution in [0.3, 0.4) is 0 Å². The van der Waals surface area contributed by atoms with Gasteiger partial charge in [0.05, 0.1) is 51.3 Å². The smallest absolute Gasteiger partial charge is 0.267 e. The number of halogens is 4. The number of sulfonamides is 1. The second-order valence-corrected chi connectivity index (χ2v) is 21.7. The Labute approximate surface area is 464 Å². The van der Waals surface area contributed by atoms with Crippen LogP contribution < -0.4 is 25.4 Å². The number of methoxy groups -OCH3 is 1. The van der Waals surface area contributed by atoms with Gasteiger partial charge < -0.3 is 40.0 Å². The predicted molar refractivity (Wildman–Crippen MR) is 287 cm³/mol. The van der Waals surface area contributed by atoms with Crippen molar-refractivity contribution in [3.63, 3.8) is 0 Å². The van der Waals surface area contributed by atoms with Crippen LogP contribution in [0.1, 0.15) is 61.4 Å². The van der Waals surface area contributed by atoms with E-state index in [1.165, 1.54) is 19.4 Å². The molecule has 0 aliphatic carbocycles. The molecule has 3 aliphatic heterocycles. The summed E-state index contributed by atoms with van der Waals surface area (Å²) in [6, 6.07) is 18.8. The lowest BCUT2D eigenvalue weighted by Crippen LogP contribution is -2.46. The minimum atomic E-state index is -4.50. The summed E-state index contributed by atoms with van der Waals surface area (Å²) >= 11 is 0. The number of nitrogens with one attached hydrogen (secondary N) is 4. The van der Waals surface area contributed by atoms with E-state index in [2.05, 4.69) is 35.6 Å². The fourth-order valence-electron chi connectivity index (χ4n) is 10.2. The van der Waals surface area contributed by atoms with Crippen LogP contribution >= 0.6 is 0 Å². The summed E-state index contributed by atoms with van der Waals surface area (Å²) in [6.07, 6.45) is 5.13. The third kappa shape index (κ3) is 14.1. The van der Waals surface area contributed by atoms with Gasteiger partial charge in [0, 0.05) is 105 Å². The highest BCUT2D eigenvalue weighted by atomic mass is 32.2. The summed E-state index contributed by atoms with van der Waals surface area (Å²) in [5, 5.41) is 8.96. The zero-order valence-corrected chi connectivity index (χ0v) is 45.1. The molecule has 0 saturated carbocycles. The third-order valence-electron chi connectivity index (χ3n) is 14.3. The van der Waals surface area contributed by atoms with Gasteiger partial charge in [0.15, 0.2) is 0 Å². The molecule has 3 aliphatic rings. The van der Waals surface area contributed by atoms with Crippen LogP contribution in [0.2, 0.25) is 0 Å². The Bertz CT molecular complexity index is 3470. The highest BCUT2D eigenvalue weighted by molar-refractivity contribution is 7.92. The first-order valence-electron chi connectivity index (χ1n) is 26.3. The first kappa shape index (κ1) is 57.6. The molecule has 0 bridgehead atoms. The molecule has 4 N–H and O–H groups in total. The molecule has 19 nitrogen and oxygen atoms in total. The van der Waals surface area contributed by atoms with E-state index in [-0.39, 0.29) is 94.5 Å². The number of aromatic nitrogens is 3. The number of ether oxygens (including phenoxy) is 3. The van der Waals surface area contributed by atoms with Crippen molar-refractivity contribution in [2.75, 3.05) is 51.3 Å². The highest BCUT2D eigenvalue weighted by Crippen LogP contribution is 2.37. The quantitative estimate of drug-likeness (QED) is 0.0412. The van der Waals surface area contributed by atoms with Gasteiger partial charge in [-0.15, -0.1) is 0 Å². The number of amides is 5. The molecular weight excluding hydrogens is 1080 g/mol. The van der Waals surface area contributed by atoms with Crippen LogP contribution in [0.4, 0.5) is 23.2 Å². The Morgan fingerprint density at radius 1 is 0.840 bits per heavy atom. The van der Waals surface area contributed by atoms with E-state index in [0.717, 1.165) is 50.2 Å². The van der Waals surface area contributed by atoms with Crippen molar-refractivity contribution in [2.45, 2.75) is 88.0 Å². The van der Waals surface area contributed by atoms with E-state index in [1.54, 1.807) is 30.3 Å². The van der Waals surface area contributed by atoms with Gasteiger partial charge in [-0.2, -0.15) is 0 Å². The molecule has 24 heteroatoms. The van der Waals surface area contributed by atoms with Crippen molar-refractivity contribution in [1.29, 1.82) is 0 Å². The summed E-state index contributed by atoms with van der Waals surface area (Å²) in [5.41, 5.74) is 6.89. The average Bonchev–Trinajstić information content (AvgIpc) is 4.14. The number of nitrogens with zero attached hydrogens (tertiary/aromatic N) is 5. The number of rotatable bonds is 23. The average molecular weight is 1140 g/mol. The van der Waals surface area contributed by atoms with Gasteiger partial charge >= 0.3 is 0 Å². The number of fused-ring (bicyclic) bond motifs is 2. The van der Waals surface area contributed by atoms with Crippen LogP contribution in [0, 0.1) is 17.6 Å². The molecule has 9 rings (SSSR count). The summed E-state index contributed by atoms with van der Waals surface area (Å²) < 4.78 is 101. The Morgan fingerprint density at radius 3 is 2.35 bits per heavy atom. The molecule has 426 valence electrons. The van der Waals surface area contributed by atoms with Crippen molar-refractivity contribution in [3.8, 4) is 28.1 Å². The van der Waals surface area contributed by atoms with Gasteiger partial charge in [0.25, 0.3) is 15.9 Å². The van der Waals surface area contributed by atoms with E-state index < -0.39 is 75.3 Å². The lowest BCUT2D eigenvalue weighted by atomic mass is 9.98. The number of hydrogen-bond donors (Lipinski definition) is 4. The molecule has 3 atom stereocenters. The Morgan fingerprint density at radius 2 is 1.60 bits per heavy atom. The van der Waals surface area contributed by atoms with E-state index in [0.29, 0.717) is 47.9 Å². The largest absolute Gasteiger partial charge is 0.480 e. The Hall–Kier alpha value is -8.09. The number of carbonyl (C=O) groups excluding carboxylic acids is 5. The topological polar surface area (TPSA) is 240 Å². The van der Waals surface area contributed by atoms with Gasteiger partial charge in [-0.1, -0.05) is 30.3 Å². The normalized spacial score (nSPS) is 17.5. The van der Waals surface area contributed by atoms with Crippen molar-refractivity contribution < 1.29 is 64.2 Å². The lowest BCUT2D eigenvalue weighted by Gasteiger charge is -2.24. The monoisotopic (exact) mass is 1140 g/mol. The second-order valence-electron chi connectivity index (χ2n) is 20.1. The predicted octanol–water partition coefficient (Wildman–Crippen LogP) is 6.23. The minimum Gasteiger partial charge on any atom is -0.480 e. The van der Waals surface area contributed by atoms with Crippen LogP contribution in [0.5, 0.6) is 5.88 Å². The Balaban J connectivity index is 0.650. The summed E-state index contributed by atoms with van der Waals surface area (Å²) in [6.45, 7) is 2.82. The van der Waals surface area contributed by atoms with E-state index >= 15 is 0 Å².